The van der Waals surface area contributed by atoms with Crippen LogP contribution >= 0.6 is 15.9 Å². The maximum absolute atomic E-state index is 13.9. The van der Waals surface area contributed by atoms with Crippen molar-refractivity contribution >= 4 is 32.9 Å². The number of aromatic amines is 1. The molecule has 0 unspecified atom stereocenters. The van der Waals surface area contributed by atoms with Crippen molar-refractivity contribution in [2.75, 3.05) is 6.61 Å². The third-order valence-electron chi connectivity index (χ3n) is 2.06. The zero-order valence-corrected chi connectivity index (χ0v) is 9.97. The highest BCUT2D eigenvalue weighted by Gasteiger charge is 2.17. The highest BCUT2D eigenvalue weighted by Crippen LogP contribution is 2.21. The molecule has 1 N–H and O–H groups in total. The summed E-state index contributed by atoms with van der Waals surface area (Å²) in [7, 11) is 0. The Morgan fingerprint density at radius 2 is 2.38 bits per heavy atom. The molecule has 1 aromatic heterocycles. The van der Waals surface area contributed by atoms with Crippen LogP contribution in [0.5, 0.6) is 0 Å². The third kappa shape index (κ3) is 1.80. The molecule has 6 heteroatoms. The Labute approximate surface area is 98.9 Å². The summed E-state index contributed by atoms with van der Waals surface area (Å²) >= 11 is 3.10. The minimum absolute atomic E-state index is 0.103. The smallest absolute Gasteiger partial charge is 0.341 e. The second-order valence-electron chi connectivity index (χ2n) is 3.07. The molecular weight excluding hydrogens is 279 g/mol. The van der Waals surface area contributed by atoms with E-state index in [1.165, 1.54) is 6.07 Å². The first-order chi connectivity index (χ1) is 7.63. The molecule has 0 bridgehead atoms. The Morgan fingerprint density at radius 3 is 3.06 bits per heavy atom. The molecule has 16 heavy (non-hydrogen) atoms. The zero-order valence-electron chi connectivity index (χ0n) is 8.38. The van der Waals surface area contributed by atoms with Gasteiger partial charge in [-0.15, -0.1) is 0 Å². The Bertz CT molecular complexity index is 553. The van der Waals surface area contributed by atoms with E-state index in [-0.39, 0.29) is 17.7 Å². The first-order valence-electron chi connectivity index (χ1n) is 4.64. The Balaban J connectivity index is 2.55. The Kier molecular flexibility index (Phi) is 2.91. The van der Waals surface area contributed by atoms with Crippen LogP contribution in [0.2, 0.25) is 0 Å². The number of nitrogens with one attached hydrogen (secondary N) is 1. The molecule has 0 atom stereocenters. The van der Waals surface area contributed by atoms with Crippen molar-refractivity contribution in [2.45, 2.75) is 6.92 Å². The number of imidazole rings is 1. The van der Waals surface area contributed by atoms with Crippen molar-refractivity contribution in [3.63, 3.8) is 0 Å². The van der Waals surface area contributed by atoms with Crippen molar-refractivity contribution < 1.29 is 13.9 Å². The SMILES string of the molecule is CCOC(=O)c1ccc2[nH]c(Br)nc2c1F. The number of ether oxygens (including phenoxy) is 1. The summed E-state index contributed by atoms with van der Waals surface area (Å²) < 4.78 is 19.0. The summed E-state index contributed by atoms with van der Waals surface area (Å²) in [6, 6.07) is 2.96. The second-order valence-corrected chi connectivity index (χ2v) is 3.82. The maximum atomic E-state index is 13.9. The number of rotatable bonds is 2. The van der Waals surface area contributed by atoms with Gasteiger partial charge in [0.05, 0.1) is 17.7 Å². The van der Waals surface area contributed by atoms with E-state index in [2.05, 4.69) is 25.9 Å². The first kappa shape index (κ1) is 11.1. The molecule has 0 spiro atoms. The van der Waals surface area contributed by atoms with E-state index in [1.54, 1.807) is 13.0 Å². The van der Waals surface area contributed by atoms with Gasteiger partial charge in [0.15, 0.2) is 10.6 Å². The molecule has 4 nitrogen and oxygen atoms in total. The van der Waals surface area contributed by atoms with Gasteiger partial charge in [0.2, 0.25) is 0 Å². The van der Waals surface area contributed by atoms with Gasteiger partial charge in [-0.2, -0.15) is 0 Å². The van der Waals surface area contributed by atoms with Crippen LogP contribution in [0.25, 0.3) is 11.0 Å². The number of benzene rings is 1. The average Bonchev–Trinajstić information content (AvgIpc) is 2.60. The van der Waals surface area contributed by atoms with E-state index in [0.29, 0.717) is 10.3 Å². The number of H-pyrrole nitrogens is 1. The predicted octanol–water partition coefficient (Wildman–Crippen LogP) is 2.64. The lowest BCUT2D eigenvalue weighted by Crippen LogP contribution is -2.07. The second kappa shape index (κ2) is 4.21. The molecule has 2 rings (SSSR count). The molecule has 1 heterocycles. The molecule has 0 aliphatic carbocycles. The zero-order chi connectivity index (χ0) is 11.7. The van der Waals surface area contributed by atoms with Gasteiger partial charge in [0.25, 0.3) is 0 Å². The van der Waals surface area contributed by atoms with E-state index in [9.17, 15) is 9.18 Å². The largest absolute Gasteiger partial charge is 0.462 e. The summed E-state index contributed by atoms with van der Waals surface area (Å²) in [4.78, 5) is 18.1. The van der Waals surface area contributed by atoms with E-state index in [0.717, 1.165) is 0 Å². The molecule has 1 aromatic carbocycles. The highest BCUT2D eigenvalue weighted by atomic mass is 79.9. The van der Waals surface area contributed by atoms with Gasteiger partial charge >= 0.3 is 5.97 Å². The van der Waals surface area contributed by atoms with Gasteiger partial charge in [-0.25, -0.2) is 14.2 Å². The number of carbonyl (C=O) groups is 1. The number of hydrogen-bond donors (Lipinski definition) is 1. The van der Waals surface area contributed by atoms with Crippen LogP contribution in [0.15, 0.2) is 16.9 Å². The number of halogens is 2. The van der Waals surface area contributed by atoms with Crippen molar-refractivity contribution in [3.8, 4) is 0 Å². The topological polar surface area (TPSA) is 55.0 Å². The first-order valence-corrected chi connectivity index (χ1v) is 5.43. The number of nitrogens with zero attached hydrogens (tertiary/aromatic N) is 1. The van der Waals surface area contributed by atoms with Crippen molar-refractivity contribution in [1.82, 2.24) is 9.97 Å². The van der Waals surface area contributed by atoms with Crippen LogP contribution in [0, 0.1) is 5.82 Å². The maximum Gasteiger partial charge on any atom is 0.341 e. The number of aromatic nitrogens is 2. The molecule has 84 valence electrons. The molecule has 0 aliphatic rings. The van der Waals surface area contributed by atoms with Crippen molar-refractivity contribution in [3.05, 3.63) is 28.2 Å². The molecule has 2 aromatic rings. The number of carbonyl (C=O) groups excluding carboxylic acids is 1. The van der Waals surface area contributed by atoms with Gasteiger partial charge in [0.1, 0.15) is 5.52 Å². The Hall–Kier alpha value is -1.43. The lowest BCUT2D eigenvalue weighted by molar-refractivity contribution is 0.0521. The van der Waals surface area contributed by atoms with Crippen molar-refractivity contribution in [2.24, 2.45) is 0 Å². The molecule has 0 radical (unpaired) electrons. The normalized spacial score (nSPS) is 10.7. The fourth-order valence-corrected chi connectivity index (χ4v) is 1.77. The molecule has 0 saturated carbocycles. The van der Waals surface area contributed by atoms with E-state index < -0.39 is 11.8 Å². The van der Waals surface area contributed by atoms with Gasteiger partial charge < -0.3 is 9.72 Å². The van der Waals surface area contributed by atoms with Crippen LogP contribution < -0.4 is 0 Å². The minimum atomic E-state index is -0.680. The number of fused-ring (bicyclic) bond motifs is 1. The predicted molar refractivity (Wildman–Crippen MR) is 59.7 cm³/mol. The van der Waals surface area contributed by atoms with Crippen LogP contribution in [0.1, 0.15) is 17.3 Å². The van der Waals surface area contributed by atoms with Crippen LogP contribution in [-0.4, -0.2) is 22.5 Å². The lowest BCUT2D eigenvalue weighted by Gasteiger charge is -2.02. The van der Waals surface area contributed by atoms with Crippen LogP contribution in [-0.2, 0) is 4.74 Å². The monoisotopic (exact) mass is 286 g/mol. The summed E-state index contributed by atoms with van der Waals surface area (Å²) in [5.74, 6) is -1.35. The van der Waals surface area contributed by atoms with Gasteiger partial charge in [0, 0.05) is 0 Å². The van der Waals surface area contributed by atoms with Gasteiger partial charge in [-0.05, 0) is 35.0 Å². The molecule has 0 aliphatic heterocycles. The highest BCUT2D eigenvalue weighted by molar-refractivity contribution is 9.10. The summed E-state index contributed by atoms with van der Waals surface area (Å²) in [5.41, 5.74) is 0.545. The van der Waals surface area contributed by atoms with Crippen LogP contribution in [0.3, 0.4) is 0 Å². The fraction of sp³-hybridized carbons (Fsp3) is 0.200. The molecule has 0 fully saturated rings. The fourth-order valence-electron chi connectivity index (χ4n) is 1.38. The quantitative estimate of drug-likeness (QED) is 0.864. The van der Waals surface area contributed by atoms with E-state index >= 15 is 0 Å². The number of hydrogen-bond acceptors (Lipinski definition) is 3. The Morgan fingerprint density at radius 1 is 1.62 bits per heavy atom. The van der Waals surface area contributed by atoms with E-state index in [1.807, 2.05) is 0 Å². The average molecular weight is 287 g/mol. The number of esters is 1. The minimum Gasteiger partial charge on any atom is -0.462 e. The van der Waals surface area contributed by atoms with E-state index in [4.69, 9.17) is 4.74 Å². The molecular formula is C10H8BrFN2O2. The van der Waals surface area contributed by atoms with Gasteiger partial charge in [-0.3, -0.25) is 0 Å². The summed E-state index contributed by atoms with van der Waals surface area (Å²) in [6.45, 7) is 1.88. The summed E-state index contributed by atoms with van der Waals surface area (Å²) in [6.07, 6.45) is 0. The molecule has 0 amide bonds. The van der Waals surface area contributed by atoms with Crippen LogP contribution in [0.4, 0.5) is 4.39 Å². The standard InChI is InChI=1S/C10H8BrFN2O2/c1-2-16-9(15)5-3-4-6-8(7(5)12)14-10(11)13-6/h3-4H,2H2,1H3,(H,13,14). The molecule has 0 saturated heterocycles. The van der Waals surface area contributed by atoms with Gasteiger partial charge in [-0.1, -0.05) is 0 Å². The third-order valence-corrected chi connectivity index (χ3v) is 2.43. The lowest BCUT2D eigenvalue weighted by atomic mass is 10.2. The summed E-state index contributed by atoms with van der Waals surface area (Å²) in [5, 5.41) is 0. The van der Waals surface area contributed by atoms with Crippen molar-refractivity contribution in [1.29, 1.82) is 0 Å².